The van der Waals surface area contributed by atoms with E-state index in [0.717, 1.165) is 61.9 Å². The first-order valence-electron chi connectivity index (χ1n) is 18.3. The molecule has 52 heavy (non-hydrogen) atoms. The molecular weight excluding hydrogens is 658 g/mol. The first-order valence-corrected chi connectivity index (χ1v) is 18.3. The van der Waals surface area contributed by atoms with Crippen LogP contribution in [0.15, 0.2) is 60.7 Å². The molecule has 6 bridgehead atoms. The summed E-state index contributed by atoms with van der Waals surface area (Å²) in [6, 6.07) is 20.3. The number of aliphatic hydroxyl groups excluding tert-OH is 1. The second-order valence-electron chi connectivity index (χ2n) is 14.0. The molecule has 0 radical (unpaired) electrons. The van der Waals surface area contributed by atoms with Crippen molar-refractivity contribution in [2.75, 3.05) is 47.9 Å². The van der Waals surface area contributed by atoms with Crippen LogP contribution >= 0.6 is 0 Å². The van der Waals surface area contributed by atoms with Crippen molar-refractivity contribution in [3.63, 3.8) is 0 Å². The van der Waals surface area contributed by atoms with Crippen LogP contribution in [0.4, 0.5) is 4.79 Å². The largest absolute Gasteiger partial charge is 0.493 e. The summed E-state index contributed by atoms with van der Waals surface area (Å²) < 4.78 is 31.6. The second-order valence-corrected chi connectivity index (χ2v) is 14.0. The first-order chi connectivity index (χ1) is 25.3. The second kappa shape index (κ2) is 15.5. The number of hydrogen-bond donors (Lipinski definition) is 2. The number of carbonyl (C=O) groups is 1. The predicted molar refractivity (Wildman–Crippen MR) is 199 cm³/mol. The normalized spacial score (nSPS) is 18.3. The Morgan fingerprint density at radius 1 is 0.846 bits per heavy atom. The molecule has 4 aliphatic heterocycles. The van der Waals surface area contributed by atoms with Crippen LogP contribution in [0.5, 0.6) is 40.2 Å². The van der Waals surface area contributed by atoms with Crippen molar-refractivity contribution >= 4 is 6.09 Å². The zero-order valence-corrected chi connectivity index (χ0v) is 30.8. The van der Waals surface area contributed by atoms with E-state index in [1.54, 1.807) is 14.2 Å². The number of nitrogens with one attached hydrogen (secondary N) is 1. The Morgan fingerprint density at radius 2 is 1.54 bits per heavy atom. The Labute approximate surface area is 306 Å². The van der Waals surface area contributed by atoms with Gasteiger partial charge in [0.1, 0.15) is 11.5 Å². The van der Waals surface area contributed by atoms with Gasteiger partial charge in [0.25, 0.3) is 0 Å². The Kier molecular flexibility index (Phi) is 10.6. The van der Waals surface area contributed by atoms with Gasteiger partial charge in [-0.25, -0.2) is 4.79 Å². The van der Waals surface area contributed by atoms with Gasteiger partial charge in [0.2, 0.25) is 5.75 Å². The number of unbranched alkanes of at least 4 members (excludes halogenated alkanes) is 1. The molecule has 4 aromatic rings. The lowest BCUT2D eigenvalue weighted by atomic mass is 9.87. The maximum Gasteiger partial charge on any atom is 0.412 e. The van der Waals surface area contributed by atoms with E-state index in [9.17, 15) is 9.90 Å². The fourth-order valence-corrected chi connectivity index (χ4v) is 7.70. The lowest BCUT2D eigenvalue weighted by Crippen LogP contribution is -2.34. The Balaban J connectivity index is 1.45. The number of likely N-dealkylation sites (N-methyl/N-ethyl adjacent to an activating group) is 2. The van der Waals surface area contributed by atoms with E-state index in [2.05, 4.69) is 60.4 Å². The van der Waals surface area contributed by atoms with Gasteiger partial charge >= 0.3 is 6.09 Å². The molecule has 274 valence electrons. The van der Waals surface area contributed by atoms with E-state index >= 15 is 0 Å². The number of benzene rings is 4. The number of methoxy groups -OCH3 is 2. The van der Waals surface area contributed by atoms with E-state index < -0.39 is 6.09 Å². The average molecular weight is 708 g/mol. The van der Waals surface area contributed by atoms with E-state index in [-0.39, 0.29) is 24.4 Å². The summed E-state index contributed by atoms with van der Waals surface area (Å²) >= 11 is 0. The van der Waals surface area contributed by atoms with Crippen LogP contribution in [0.1, 0.15) is 70.8 Å². The molecular formula is C42H49N3O7. The van der Waals surface area contributed by atoms with Gasteiger partial charge in [0.15, 0.2) is 23.0 Å². The minimum atomic E-state index is -0.571. The Hall–Kier alpha value is -4.77. The third-order valence-electron chi connectivity index (χ3n) is 10.7. The molecule has 2 atom stereocenters. The monoisotopic (exact) mass is 707 g/mol. The molecule has 4 aliphatic rings. The first kappa shape index (κ1) is 35.6. The minimum Gasteiger partial charge on any atom is -0.493 e. The lowest BCUT2D eigenvalue weighted by Gasteiger charge is -2.37. The topological polar surface area (TPSA) is 102 Å². The molecule has 4 heterocycles. The fraction of sp³-hybridized carbons (Fsp3) is 0.405. The zero-order chi connectivity index (χ0) is 36.4. The van der Waals surface area contributed by atoms with E-state index in [4.69, 9.17) is 23.7 Å². The van der Waals surface area contributed by atoms with Crippen molar-refractivity contribution in [3.8, 4) is 40.2 Å². The molecule has 2 N–H and O–H groups in total. The van der Waals surface area contributed by atoms with E-state index in [1.807, 2.05) is 36.4 Å². The van der Waals surface area contributed by atoms with Crippen molar-refractivity contribution in [1.82, 2.24) is 15.1 Å². The number of aliphatic hydroxyl groups is 1. The summed E-state index contributed by atoms with van der Waals surface area (Å²) in [5.41, 5.74) is 7.26. The Bertz CT molecular complexity index is 1930. The minimum absolute atomic E-state index is 0.0819. The highest BCUT2D eigenvalue weighted by molar-refractivity contribution is 5.75. The van der Waals surface area contributed by atoms with Crippen LogP contribution < -0.4 is 29.0 Å². The summed E-state index contributed by atoms with van der Waals surface area (Å²) in [7, 11) is 7.51. The molecule has 0 saturated heterocycles. The molecule has 4 aromatic carbocycles. The highest BCUT2D eigenvalue weighted by Crippen LogP contribution is 2.52. The van der Waals surface area contributed by atoms with Crippen molar-refractivity contribution in [2.45, 2.75) is 64.1 Å². The van der Waals surface area contributed by atoms with Crippen LogP contribution in [0.25, 0.3) is 0 Å². The summed E-state index contributed by atoms with van der Waals surface area (Å²) in [5, 5.41) is 13.1. The van der Waals surface area contributed by atoms with Crippen molar-refractivity contribution < 1.29 is 33.6 Å². The van der Waals surface area contributed by atoms with Crippen LogP contribution in [0, 0.1) is 0 Å². The van der Waals surface area contributed by atoms with Gasteiger partial charge in [-0.1, -0.05) is 37.6 Å². The number of nitrogens with zero attached hydrogens (tertiary/aromatic N) is 2. The van der Waals surface area contributed by atoms with E-state index in [1.165, 1.54) is 16.7 Å². The third kappa shape index (κ3) is 7.15. The van der Waals surface area contributed by atoms with Gasteiger partial charge in [0.05, 0.1) is 20.8 Å². The molecule has 10 nitrogen and oxygen atoms in total. The maximum atomic E-state index is 13.3. The molecule has 0 fully saturated rings. The van der Waals surface area contributed by atoms with Crippen LogP contribution in [-0.4, -0.2) is 68.9 Å². The van der Waals surface area contributed by atoms with Gasteiger partial charge in [0, 0.05) is 42.8 Å². The Morgan fingerprint density at radius 3 is 2.27 bits per heavy atom. The molecule has 1 amide bonds. The predicted octanol–water partition coefficient (Wildman–Crippen LogP) is 7.53. The quantitative estimate of drug-likeness (QED) is 0.189. The highest BCUT2D eigenvalue weighted by atomic mass is 16.6. The third-order valence-corrected chi connectivity index (χ3v) is 10.7. The van der Waals surface area contributed by atoms with Crippen molar-refractivity contribution in [2.24, 2.45) is 0 Å². The van der Waals surface area contributed by atoms with Crippen molar-refractivity contribution in [1.29, 1.82) is 0 Å². The highest BCUT2D eigenvalue weighted by Gasteiger charge is 2.35. The van der Waals surface area contributed by atoms with Crippen molar-refractivity contribution in [3.05, 3.63) is 99.6 Å². The molecule has 0 saturated carbocycles. The molecule has 10 heteroatoms. The van der Waals surface area contributed by atoms with Crippen LogP contribution in [-0.2, 0) is 32.3 Å². The standard InChI is InChI=1S/C42H49N3O7/c1-6-7-16-43-42(47)52-40-38(49-5)23-29-15-18-45(3)34-20-27-8-11-30(25-46)35(21-27)50-31-12-9-26(10-13-31)19-33-32-24-37(51-41(40)39(29)34)36(48-4)22-28(32)14-17-44(33)2/h8-13,21-24,33-34,46H,6-7,14-20,25H2,1-5H3,(H,43,47)/t33-,34+/m0/s1. The van der Waals surface area contributed by atoms with Gasteiger partial charge in [-0.15, -0.1) is 0 Å². The smallest absolute Gasteiger partial charge is 0.412 e. The van der Waals surface area contributed by atoms with E-state index in [0.29, 0.717) is 53.0 Å². The molecule has 8 rings (SSSR count). The van der Waals surface area contributed by atoms with Crippen LogP contribution in [0.3, 0.4) is 0 Å². The van der Waals surface area contributed by atoms with Gasteiger partial charge < -0.3 is 34.1 Å². The van der Waals surface area contributed by atoms with Crippen LogP contribution in [0.2, 0.25) is 0 Å². The number of rotatable bonds is 7. The lowest BCUT2D eigenvalue weighted by molar-refractivity contribution is 0.193. The molecule has 0 aromatic heterocycles. The van der Waals surface area contributed by atoms with Gasteiger partial charge in [-0.2, -0.15) is 0 Å². The number of fused-ring (bicyclic) bond motifs is 2. The number of amides is 1. The SMILES string of the molecule is CCCCNC(=O)Oc1c(OC)cc2c3c1Oc1cc4c(cc1OC)CCN(C)[C@H]4Cc1ccc(cc1)Oc1cc(ccc1CO)C[C@H]3N(C)CC2. The van der Waals surface area contributed by atoms with Gasteiger partial charge in [-0.3, -0.25) is 9.80 Å². The number of hydrogen-bond acceptors (Lipinski definition) is 9. The maximum absolute atomic E-state index is 13.3. The van der Waals surface area contributed by atoms with Gasteiger partial charge in [-0.05, 0) is 110 Å². The summed E-state index contributed by atoms with van der Waals surface area (Å²) in [6.07, 6.45) is 4.21. The molecule has 0 unspecified atom stereocenters. The molecule has 0 spiro atoms. The average Bonchev–Trinajstić information content (AvgIpc) is 3.15. The number of carbonyl (C=O) groups excluding carboxylic acids is 1. The zero-order valence-electron chi connectivity index (χ0n) is 30.8. The summed E-state index contributed by atoms with van der Waals surface area (Å²) in [4.78, 5) is 18.0. The summed E-state index contributed by atoms with van der Waals surface area (Å²) in [5.74, 6) is 3.54. The summed E-state index contributed by atoms with van der Waals surface area (Å²) in [6.45, 7) is 4.14. The number of ether oxygens (including phenoxy) is 5. The molecule has 0 aliphatic carbocycles. The fourth-order valence-electron chi connectivity index (χ4n) is 7.70.